The highest BCUT2D eigenvalue weighted by atomic mass is 32.2. The number of nitrogens with zero attached hydrogens (tertiary/aromatic N) is 2. The van der Waals surface area contributed by atoms with E-state index in [0.29, 0.717) is 55.7 Å². The maximum absolute atomic E-state index is 13.1. The summed E-state index contributed by atoms with van der Waals surface area (Å²) in [5.74, 6) is 5.62. The maximum atomic E-state index is 13.1. The highest BCUT2D eigenvalue weighted by molar-refractivity contribution is 7.85. The van der Waals surface area contributed by atoms with Crippen LogP contribution in [0, 0.1) is 11.8 Å². The van der Waals surface area contributed by atoms with Crippen LogP contribution in [0.1, 0.15) is 50.7 Å². The standard InChI is InChI=1S/C21H28N4O5S/c1-3-10-25(30-4-2)21(26)16-12-18-15(8-6-5-7-9-22)11-17(31(27,28)29)14-19(18)24-20(23)13-16/h11-12,14H,3-5,7,9-10,13,22H2,1-2H3,(H2,23,24)(H,27,28,29). The first-order chi connectivity index (χ1) is 14.7. The maximum Gasteiger partial charge on any atom is 0.294 e. The summed E-state index contributed by atoms with van der Waals surface area (Å²) in [6.07, 6.45) is 3.55. The molecule has 1 aliphatic heterocycles. The molecule has 0 bridgehead atoms. The lowest BCUT2D eigenvalue weighted by Crippen LogP contribution is -2.34. The van der Waals surface area contributed by atoms with Gasteiger partial charge in [0.1, 0.15) is 5.84 Å². The molecule has 0 aromatic heterocycles. The van der Waals surface area contributed by atoms with Gasteiger partial charge in [-0.2, -0.15) is 8.42 Å². The molecule has 1 aromatic carbocycles. The Morgan fingerprint density at radius 3 is 2.71 bits per heavy atom. The molecule has 0 radical (unpaired) electrons. The van der Waals surface area contributed by atoms with Crippen molar-refractivity contribution in [1.29, 1.82) is 0 Å². The SMILES string of the molecule is CCCN(OCC)C(=O)C1=Cc2c(C#CCCCN)cc(S(=O)(=O)O)cc2N=C(N)C1. The van der Waals surface area contributed by atoms with Crippen molar-refractivity contribution in [2.45, 2.75) is 44.4 Å². The van der Waals surface area contributed by atoms with Gasteiger partial charge in [0.2, 0.25) is 0 Å². The van der Waals surface area contributed by atoms with Crippen LogP contribution >= 0.6 is 0 Å². The Morgan fingerprint density at radius 1 is 1.35 bits per heavy atom. The van der Waals surface area contributed by atoms with E-state index in [1.807, 2.05) is 6.92 Å². The van der Waals surface area contributed by atoms with E-state index in [2.05, 4.69) is 16.8 Å². The van der Waals surface area contributed by atoms with Crippen LogP contribution < -0.4 is 11.5 Å². The molecule has 10 heteroatoms. The van der Waals surface area contributed by atoms with Gasteiger partial charge in [-0.25, -0.2) is 10.1 Å². The number of nitrogens with two attached hydrogens (primary N) is 2. The molecular weight excluding hydrogens is 420 g/mol. The minimum atomic E-state index is -4.50. The topological polar surface area (TPSA) is 148 Å². The lowest BCUT2D eigenvalue weighted by atomic mass is 10.0. The van der Waals surface area contributed by atoms with E-state index in [0.717, 1.165) is 0 Å². The van der Waals surface area contributed by atoms with Gasteiger partial charge in [0.25, 0.3) is 16.0 Å². The number of amides is 1. The van der Waals surface area contributed by atoms with Crippen LogP contribution in [-0.4, -0.2) is 49.5 Å². The largest absolute Gasteiger partial charge is 0.387 e. The van der Waals surface area contributed by atoms with Gasteiger partial charge < -0.3 is 11.5 Å². The van der Waals surface area contributed by atoms with Crippen molar-refractivity contribution in [1.82, 2.24) is 5.06 Å². The van der Waals surface area contributed by atoms with Crippen molar-refractivity contribution in [2.75, 3.05) is 19.7 Å². The Morgan fingerprint density at radius 2 is 2.10 bits per heavy atom. The summed E-state index contributed by atoms with van der Waals surface area (Å²) >= 11 is 0. The average Bonchev–Trinajstić information content (AvgIpc) is 2.87. The summed E-state index contributed by atoms with van der Waals surface area (Å²) in [6.45, 7) is 4.92. The summed E-state index contributed by atoms with van der Waals surface area (Å²) in [4.78, 5) is 22.4. The molecule has 1 heterocycles. The van der Waals surface area contributed by atoms with Gasteiger partial charge in [-0.15, -0.1) is 0 Å². The van der Waals surface area contributed by atoms with Gasteiger partial charge in [0, 0.05) is 36.1 Å². The van der Waals surface area contributed by atoms with E-state index >= 15 is 0 Å². The summed E-state index contributed by atoms with van der Waals surface area (Å²) in [5.41, 5.74) is 12.8. The zero-order valence-electron chi connectivity index (χ0n) is 17.7. The third-order valence-electron chi connectivity index (χ3n) is 4.33. The van der Waals surface area contributed by atoms with Crippen LogP contribution in [0.3, 0.4) is 0 Å². The zero-order chi connectivity index (χ0) is 23.0. The molecule has 0 atom stereocenters. The van der Waals surface area contributed by atoms with E-state index in [9.17, 15) is 17.8 Å². The molecule has 1 amide bonds. The van der Waals surface area contributed by atoms with E-state index in [1.165, 1.54) is 17.2 Å². The fourth-order valence-electron chi connectivity index (χ4n) is 2.95. The Hall–Kier alpha value is -2.71. The number of fused-ring (bicyclic) bond motifs is 1. The third-order valence-corrected chi connectivity index (χ3v) is 5.16. The molecule has 1 aromatic rings. The second-order valence-corrected chi connectivity index (χ2v) is 8.27. The number of hydroxylamine groups is 2. The highest BCUT2D eigenvalue weighted by Gasteiger charge is 2.24. The van der Waals surface area contributed by atoms with E-state index < -0.39 is 10.1 Å². The average molecular weight is 449 g/mol. The quantitative estimate of drug-likeness (QED) is 0.238. The van der Waals surface area contributed by atoms with Crippen molar-refractivity contribution in [2.24, 2.45) is 16.5 Å². The van der Waals surface area contributed by atoms with Gasteiger partial charge in [0.05, 0.1) is 17.2 Å². The normalized spacial score (nSPS) is 13.3. The fraction of sp³-hybridized carbons (Fsp3) is 0.429. The van der Waals surface area contributed by atoms with Crippen LogP contribution in [0.25, 0.3) is 6.08 Å². The number of carbonyl (C=O) groups excluding carboxylic acids is 1. The summed E-state index contributed by atoms with van der Waals surface area (Å²) in [6, 6.07) is 2.46. The Bertz CT molecular complexity index is 1050. The predicted molar refractivity (Wildman–Crippen MR) is 119 cm³/mol. The first-order valence-electron chi connectivity index (χ1n) is 10.0. The summed E-state index contributed by atoms with van der Waals surface area (Å²) in [5, 5.41) is 1.28. The molecule has 0 fully saturated rings. The molecule has 31 heavy (non-hydrogen) atoms. The van der Waals surface area contributed by atoms with Crippen molar-refractivity contribution in [3.05, 3.63) is 28.8 Å². The lowest BCUT2D eigenvalue weighted by Gasteiger charge is -2.21. The number of amidine groups is 1. The number of rotatable bonds is 8. The van der Waals surface area contributed by atoms with Crippen LogP contribution in [0.4, 0.5) is 5.69 Å². The van der Waals surface area contributed by atoms with Crippen LogP contribution in [0.2, 0.25) is 0 Å². The van der Waals surface area contributed by atoms with Gasteiger partial charge in [0.15, 0.2) is 0 Å². The molecule has 0 saturated heterocycles. The number of hydrogen-bond acceptors (Lipinski definition) is 7. The molecule has 2 rings (SSSR count). The first-order valence-corrected chi connectivity index (χ1v) is 11.5. The van der Waals surface area contributed by atoms with Crippen LogP contribution in [0.5, 0.6) is 0 Å². The second kappa shape index (κ2) is 11.1. The second-order valence-electron chi connectivity index (χ2n) is 6.85. The monoisotopic (exact) mass is 448 g/mol. The third kappa shape index (κ3) is 6.63. The van der Waals surface area contributed by atoms with Gasteiger partial charge >= 0.3 is 0 Å². The summed E-state index contributed by atoms with van der Waals surface area (Å²) < 4.78 is 33.0. The highest BCUT2D eigenvalue weighted by Crippen LogP contribution is 2.32. The number of aliphatic imine (C=N–C) groups is 1. The fourth-order valence-corrected chi connectivity index (χ4v) is 3.48. The summed E-state index contributed by atoms with van der Waals surface area (Å²) in [7, 11) is -4.50. The molecular formula is C21H28N4O5S. The number of carbonyl (C=O) groups is 1. The van der Waals surface area contributed by atoms with E-state index in [4.69, 9.17) is 16.3 Å². The van der Waals surface area contributed by atoms with Crippen molar-refractivity contribution in [3.8, 4) is 11.8 Å². The predicted octanol–water partition coefficient (Wildman–Crippen LogP) is 1.99. The number of hydrogen-bond donors (Lipinski definition) is 3. The van der Waals surface area contributed by atoms with Gasteiger partial charge in [-0.1, -0.05) is 18.8 Å². The molecule has 168 valence electrons. The minimum Gasteiger partial charge on any atom is -0.387 e. The smallest absolute Gasteiger partial charge is 0.294 e. The van der Waals surface area contributed by atoms with Crippen LogP contribution in [0.15, 0.2) is 27.6 Å². The van der Waals surface area contributed by atoms with Crippen LogP contribution in [-0.2, 0) is 19.8 Å². The zero-order valence-corrected chi connectivity index (χ0v) is 18.5. The Labute approximate surface area is 182 Å². The lowest BCUT2D eigenvalue weighted by molar-refractivity contribution is -0.180. The van der Waals surface area contributed by atoms with Crippen molar-refractivity contribution in [3.63, 3.8) is 0 Å². The first kappa shape index (κ1) is 24.6. The molecule has 5 N–H and O–H groups in total. The van der Waals surface area contributed by atoms with Crippen molar-refractivity contribution >= 4 is 33.6 Å². The number of unbranched alkanes of at least 4 members (excludes halogenated alkanes) is 1. The van der Waals surface area contributed by atoms with Gasteiger partial charge in [-0.3, -0.25) is 14.2 Å². The van der Waals surface area contributed by atoms with E-state index in [1.54, 1.807) is 13.0 Å². The molecule has 0 aliphatic carbocycles. The Kier molecular flexibility index (Phi) is 8.76. The molecule has 0 unspecified atom stereocenters. The van der Waals surface area contributed by atoms with E-state index in [-0.39, 0.29) is 28.7 Å². The number of benzene rings is 1. The minimum absolute atomic E-state index is 0.0576. The molecule has 0 spiro atoms. The van der Waals surface area contributed by atoms with Crippen molar-refractivity contribution < 1.29 is 22.6 Å². The molecule has 1 aliphatic rings. The Balaban J connectivity index is 2.65. The molecule has 9 nitrogen and oxygen atoms in total. The van der Waals surface area contributed by atoms with Gasteiger partial charge in [-0.05, 0) is 44.5 Å². The molecule has 0 saturated carbocycles.